The molecule has 4 heterocycles. The molecule has 0 aromatic heterocycles. The van der Waals surface area contributed by atoms with Crippen LogP contribution in [0.2, 0.25) is 0 Å². The molecule has 296 valence electrons. The normalized spacial score (nSPS) is 50.3. The molecule has 4 N–H and O–H groups in total. The Balaban J connectivity index is 1.82. The quantitative estimate of drug-likeness (QED) is 0.281. The van der Waals surface area contributed by atoms with Gasteiger partial charge in [0.25, 0.3) is 0 Å². The summed E-state index contributed by atoms with van der Waals surface area (Å²) in [6, 6.07) is -0.767. The van der Waals surface area contributed by atoms with E-state index in [0.29, 0.717) is 18.7 Å². The Labute approximate surface area is 304 Å². The summed E-state index contributed by atoms with van der Waals surface area (Å²) in [5.74, 6) is -2.46. The third kappa shape index (κ3) is 8.60. The molecule has 0 amide bonds. The van der Waals surface area contributed by atoms with E-state index in [-0.39, 0.29) is 25.0 Å². The third-order valence-corrected chi connectivity index (χ3v) is 11.9. The number of ether oxygens (including phenoxy) is 7. The molecule has 51 heavy (non-hydrogen) atoms. The van der Waals surface area contributed by atoms with Crippen molar-refractivity contribution in [3.63, 3.8) is 0 Å². The number of carbonyl (C=O) groups excluding carboxylic acids is 1. The minimum absolute atomic E-state index is 0.0948. The van der Waals surface area contributed by atoms with Gasteiger partial charge in [0.15, 0.2) is 24.1 Å². The first kappa shape index (κ1) is 42.3. The number of hydrogen-bond donors (Lipinski definition) is 4. The van der Waals surface area contributed by atoms with E-state index >= 15 is 0 Å². The molecule has 0 radical (unpaired) electrons. The van der Waals surface area contributed by atoms with Gasteiger partial charge in [-0.15, -0.1) is 0 Å². The number of esters is 1. The number of aliphatic hydroxyl groups is 4. The maximum Gasteiger partial charge on any atom is 0.311 e. The van der Waals surface area contributed by atoms with Gasteiger partial charge in [0.05, 0.1) is 53.5 Å². The van der Waals surface area contributed by atoms with Gasteiger partial charge in [-0.05, 0) is 75.4 Å². The summed E-state index contributed by atoms with van der Waals surface area (Å²) in [6.07, 6.45) is -7.63. The molecule has 0 spiro atoms. The van der Waals surface area contributed by atoms with E-state index in [2.05, 4.69) is 0 Å². The van der Waals surface area contributed by atoms with Crippen LogP contribution in [-0.2, 0) is 38.0 Å². The van der Waals surface area contributed by atoms with Crippen LogP contribution in [0.25, 0.3) is 0 Å². The number of methoxy groups -OCH3 is 1. The van der Waals surface area contributed by atoms with E-state index in [1.54, 1.807) is 34.6 Å². The van der Waals surface area contributed by atoms with Crippen LogP contribution in [-0.4, -0.2) is 149 Å². The van der Waals surface area contributed by atoms with Gasteiger partial charge in [0, 0.05) is 31.9 Å². The zero-order valence-corrected chi connectivity index (χ0v) is 32.9. The van der Waals surface area contributed by atoms with Gasteiger partial charge in [0.2, 0.25) is 0 Å². The fraction of sp³-hybridized carbons (Fsp3) is 0.946. The van der Waals surface area contributed by atoms with E-state index in [4.69, 9.17) is 38.2 Å². The molecule has 4 aliphatic heterocycles. The molecule has 0 unspecified atom stereocenters. The van der Waals surface area contributed by atoms with Crippen molar-refractivity contribution < 1.29 is 58.4 Å². The largest absolute Gasteiger partial charge is 0.468 e. The van der Waals surface area contributed by atoms with Crippen molar-refractivity contribution in [3.8, 4) is 0 Å². The zero-order valence-electron chi connectivity index (χ0n) is 32.9. The highest BCUT2D eigenvalue weighted by Gasteiger charge is 2.56. The summed E-state index contributed by atoms with van der Waals surface area (Å²) < 4.78 is 44.0. The highest BCUT2D eigenvalue weighted by atomic mass is 16.7. The van der Waals surface area contributed by atoms with Crippen molar-refractivity contribution in [1.82, 2.24) is 4.90 Å². The SMILES string of the molecule is CC[C@H]1OC(=O)[C@H](C)[C@H](O[C@H]2C[C@@](C)(OC)[C@@H](O)[C@H](C)O2)[C@H](C)[C@@H](O[C@@H]2O[C@H](C)C[C@H](N(C)C)[C@H]2O)[C@](C)(O)C[C@@H](C)N=C2O[C@@]1(C)[C@H](O)[C@H]2C. The first-order valence-corrected chi connectivity index (χ1v) is 18.7. The third-order valence-electron chi connectivity index (χ3n) is 11.9. The van der Waals surface area contributed by atoms with Gasteiger partial charge in [-0.2, -0.15) is 0 Å². The Morgan fingerprint density at radius 2 is 1.59 bits per heavy atom. The second-order valence-electron chi connectivity index (χ2n) is 16.5. The molecule has 0 aromatic rings. The van der Waals surface area contributed by atoms with Crippen LogP contribution in [0.5, 0.6) is 0 Å². The lowest BCUT2D eigenvalue weighted by Gasteiger charge is -2.48. The topological polar surface area (TPSA) is 178 Å². The molecule has 0 aliphatic carbocycles. The summed E-state index contributed by atoms with van der Waals surface area (Å²) in [5.41, 5.74) is -3.90. The molecular formula is C37H66N2O12. The van der Waals surface area contributed by atoms with E-state index in [1.165, 1.54) is 7.11 Å². The first-order valence-electron chi connectivity index (χ1n) is 18.7. The molecule has 0 aromatic carbocycles. The Morgan fingerprint density at radius 3 is 2.18 bits per heavy atom. The maximum atomic E-state index is 14.2. The van der Waals surface area contributed by atoms with Crippen molar-refractivity contribution in [3.05, 3.63) is 0 Å². The lowest BCUT2D eigenvalue weighted by atomic mass is 9.78. The molecule has 3 fully saturated rings. The number of cyclic esters (lactones) is 1. The molecule has 4 rings (SSSR count). The highest BCUT2D eigenvalue weighted by molar-refractivity contribution is 5.82. The van der Waals surface area contributed by atoms with Crippen molar-refractivity contribution in [2.24, 2.45) is 22.7 Å². The Hall–Kier alpha value is -1.46. The first-order chi connectivity index (χ1) is 23.6. The number of aliphatic hydroxyl groups excluding tert-OH is 3. The number of likely N-dealkylation sites (N-methyl/N-ethyl adjacent to an activating group) is 1. The molecule has 4 aliphatic rings. The highest BCUT2D eigenvalue weighted by Crippen LogP contribution is 2.42. The van der Waals surface area contributed by atoms with Crippen LogP contribution in [0.1, 0.15) is 94.9 Å². The number of rotatable bonds is 7. The van der Waals surface area contributed by atoms with E-state index in [1.807, 2.05) is 53.6 Å². The van der Waals surface area contributed by atoms with E-state index < -0.39 is 102 Å². The fourth-order valence-corrected chi connectivity index (χ4v) is 8.65. The molecule has 0 saturated carbocycles. The molecule has 14 nitrogen and oxygen atoms in total. The summed E-state index contributed by atoms with van der Waals surface area (Å²) in [5, 5.41) is 46.3. The van der Waals surface area contributed by atoms with Crippen molar-refractivity contribution in [1.29, 1.82) is 0 Å². The molecule has 3 saturated heterocycles. The fourth-order valence-electron chi connectivity index (χ4n) is 8.65. The molecule has 14 heteroatoms. The predicted octanol–water partition coefficient (Wildman–Crippen LogP) is 2.41. The van der Waals surface area contributed by atoms with Gasteiger partial charge in [0.1, 0.15) is 24.4 Å². The smallest absolute Gasteiger partial charge is 0.311 e. The second kappa shape index (κ2) is 16.1. The van der Waals surface area contributed by atoms with E-state index in [9.17, 15) is 25.2 Å². The summed E-state index contributed by atoms with van der Waals surface area (Å²) >= 11 is 0. The lowest BCUT2D eigenvalue weighted by Crippen LogP contribution is -2.60. The van der Waals surface area contributed by atoms with Crippen LogP contribution in [0, 0.1) is 17.8 Å². The average Bonchev–Trinajstić information content (AvgIpc) is 3.26. The van der Waals surface area contributed by atoms with Gasteiger partial charge < -0.3 is 58.5 Å². The standard InChI is InChI=1S/C37H66N2O12/c1-14-25-37(10)29(41)22(6)32(51-37)38-18(2)16-35(8,44)31(50-34-27(40)24(39(11)12)15-19(3)46-34)20(4)28(21(5)33(43)48-25)49-26-17-36(9,45-13)30(42)23(7)47-26/h18-31,34,40-42,44H,14-17H2,1-13H3/t18-,19-,20+,21-,22-,23+,24+,25-,26+,27-,28-,29-,30+,31-,34+,35-,36-,37-/m1/s1. The average molecular weight is 731 g/mol. The minimum atomic E-state index is -1.62. The second-order valence-corrected chi connectivity index (χ2v) is 16.5. The Bertz CT molecular complexity index is 1220. The lowest BCUT2D eigenvalue weighted by molar-refractivity contribution is -0.317. The Morgan fingerprint density at radius 1 is 0.941 bits per heavy atom. The van der Waals surface area contributed by atoms with Crippen LogP contribution >= 0.6 is 0 Å². The number of nitrogens with zero attached hydrogens (tertiary/aromatic N) is 2. The number of fused-ring (bicyclic) bond motifs is 2. The van der Waals surface area contributed by atoms with Crippen LogP contribution in [0.3, 0.4) is 0 Å². The van der Waals surface area contributed by atoms with Gasteiger partial charge in [-0.3, -0.25) is 9.79 Å². The van der Waals surface area contributed by atoms with Crippen molar-refractivity contribution >= 4 is 11.9 Å². The predicted molar refractivity (Wildman–Crippen MR) is 188 cm³/mol. The molecule has 18 atom stereocenters. The molecular weight excluding hydrogens is 664 g/mol. The Kier molecular flexibility index (Phi) is 13.4. The maximum absolute atomic E-state index is 14.2. The van der Waals surface area contributed by atoms with Crippen LogP contribution < -0.4 is 0 Å². The number of hydrogen-bond acceptors (Lipinski definition) is 14. The van der Waals surface area contributed by atoms with Crippen molar-refractivity contribution in [2.45, 2.75) is 185 Å². The van der Waals surface area contributed by atoms with Crippen LogP contribution in [0.4, 0.5) is 0 Å². The number of aliphatic imine (C=N–C) groups is 1. The number of carbonyl (C=O) groups is 1. The minimum Gasteiger partial charge on any atom is -0.468 e. The van der Waals surface area contributed by atoms with Gasteiger partial charge >= 0.3 is 5.97 Å². The summed E-state index contributed by atoms with van der Waals surface area (Å²) in [7, 11) is 5.28. The van der Waals surface area contributed by atoms with E-state index in [0.717, 1.165) is 0 Å². The monoisotopic (exact) mass is 730 g/mol. The van der Waals surface area contributed by atoms with Gasteiger partial charge in [-0.1, -0.05) is 20.8 Å². The molecule has 2 bridgehead atoms. The van der Waals surface area contributed by atoms with Crippen molar-refractivity contribution in [2.75, 3.05) is 21.2 Å². The summed E-state index contributed by atoms with van der Waals surface area (Å²) in [6.45, 7) is 17.8. The van der Waals surface area contributed by atoms with Crippen LogP contribution in [0.15, 0.2) is 4.99 Å². The zero-order chi connectivity index (χ0) is 38.4. The summed E-state index contributed by atoms with van der Waals surface area (Å²) in [4.78, 5) is 21.0. The van der Waals surface area contributed by atoms with Gasteiger partial charge in [-0.25, -0.2) is 0 Å².